The van der Waals surface area contributed by atoms with Gasteiger partial charge in [0, 0.05) is 74.5 Å². The van der Waals surface area contributed by atoms with Crippen molar-refractivity contribution >= 4 is 27.0 Å². The molecule has 0 aliphatic carbocycles. The van der Waals surface area contributed by atoms with E-state index in [1.54, 1.807) is 21.0 Å². The first-order valence-electron chi connectivity index (χ1n) is 21.1. The van der Waals surface area contributed by atoms with Crippen molar-refractivity contribution in [3.8, 4) is 5.69 Å². The van der Waals surface area contributed by atoms with Gasteiger partial charge >= 0.3 is 5.69 Å². The lowest BCUT2D eigenvalue weighted by molar-refractivity contribution is 0.147. The molecule has 2 fully saturated rings. The first-order chi connectivity index (χ1) is 27.9. The Morgan fingerprint density at radius 2 is 1.59 bits per heavy atom. The predicted molar refractivity (Wildman–Crippen MR) is 241 cm³/mol. The molecule has 0 saturated carbocycles. The molecule has 324 valence electrons. The summed E-state index contributed by atoms with van der Waals surface area (Å²) in [6.45, 7) is 22.7. The molecule has 14 nitrogen and oxygen atoms in total. The number of nitrogens with one attached hydrogen (secondary N) is 3. The molecule has 2 aromatic heterocycles. The van der Waals surface area contributed by atoms with Gasteiger partial charge in [-0.15, -0.1) is 0 Å². The number of benzene rings is 2. The predicted octanol–water partition coefficient (Wildman–Crippen LogP) is 4.13. The molecule has 0 radical (unpaired) electrons. The van der Waals surface area contributed by atoms with Gasteiger partial charge in [0.1, 0.15) is 5.65 Å². The van der Waals surface area contributed by atoms with Crippen LogP contribution < -0.4 is 27.8 Å². The maximum atomic E-state index is 13.6. The smallest absolute Gasteiger partial charge is 0.354 e. The first kappa shape index (κ1) is 46.0. The number of aromatic nitrogens is 3. The minimum atomic E-state index is -3.50. The van der Waals surface area contributed by atoms with Crippen LogP contribution >= 0.6 is 0 Å². The fraction of sp³-hybridized carbons (Fsp3) is 0.568. The normalized spacial score (nSPS) is 16.3. The molecule has 6 rings (SSSR count). The molecule has 0 spiro atoms. The third kappa shape index (κ3) is 13.2. The van der Waals surface area contributed by atoms with Crippen molar-refractivity contribution in [1.29, 1.82) is 0 Å². The maximum Gasteiger partial charge on any atom is 0.354 e. The summed E-state index contributed by atoms with van der Waals surface area (Å²) in [5.74, 6) is 0.123. The highest BCUT2D eigenvalue weighted by Gasteiger charge is 2.32. The Morgan fingerprint density at radius 3 is 2.20 bits per heavy atom. The molecule has 4 aromatic rings. The topological polar surface area (TPSA) is 183 Å². The summed E-state index contributed by atoms with van der Waals surface area (Å²) in [4.78, 5) is 29.1. The standard InChI is InChI=1S/C23H40N4O2S.C21H29N7O/c1-23(2,3)20-6-8-22(9-7-20)30(28,29)27(21-10-12-24-13-11-21)15-5-14-26-18-16-25(4)17-19-26;1-21(2,3)17-11-15-13-28(20(29)27-18(15)26-17)16-7-5-14(6-8-16)12-24-9-4-10-25-19(22)23/h6-9,21,24H,5,10-19H2,1-4H3;5-8,11,13,24H,4,9-10,12H2,1-3H3,(H4,22,23,25)(H,26,27,29). The number of nitrogens with zero attached hydrogens (tertiary/aromatic N) is 6. The molecule has 2 aliphatic heterocycles. The van der Waals surface area contributed by atoms with Crippen LogP contribution in [0, 0.1) is 0 Å². The second-order valence-corrected chi connectivity index (χ2v) is 19.9. The number of sulfonamides is 1. The monoisotopic (exact) mass is 832 g/mol. The fourth-order valence-electron chi connectivity index (χ4n) is 7.38. The van der Waals surface area contributed by atoms with E-state index in [0.29, 0.717) is 23.6 Å². The second-order valence-electron chi connectivity index (χ2n) is 18.0. The molecule has 59 heavy (non-hydrogen) atoms. The van der Waals surface area contributed by atoms with Crippen LogP contribution in [0.3, 0.4) is 0 Å². The summed E-state index contributed by atoms with van der Waals surface area (Å²) in [6.07, 6.45) is 5.35. The summed E-state index contributed by atoms with van der Waals surface area (Å²) in [5, 5.41) is 7.63. The van der Waals surface area contributed by atoms with Crippen LogP contribution in [0.15, 0.2) is 75.5 Å². The largest absolute Gasteiger partial charge is 0.370 e. The van der Waals surface area contributed by atoms with E-state index in [4.69, 9.17) is 11.5 Å². The van der Waals surface area contributed by atoms with Crippen LogP contribution in [0.2, 0.25) is 0 Å². The van der Waals surface area contributed by atoms with Crippen molar-refractivity contribution in [3.63, 3.8) is 0 Å². The number of piperidine rings is 1. The number of piperazine rings is 1. The summed E-state index contributed by atoms with van der Waals surface area (Å²) >= 11 is 0. The van der Waals surface area contributed by atoms with E-state index in [1.165, 1.54) is 0 Å². The Hall–Kier alpha value is -4.12. The zero-order chi connectivity index (χ0) is 42.8. The molecular formula is C44H69N11O3S. The molecule has 0 unspecified atom stereocenters. The van der Waals surface area contributed by atoms with Gasteiger partial charge in [-0.1, -0.05) is 65.8 Å². The van der Waals surface area contributed by atoms with Gasteiger partial charge in [0.05, 0.1) is 10.6 Å². The van der Waals surface area contributed by atoms with E-state index in [0.717, 1.165) is 112 Å². The second kappa shape index (κ2) is 20.4. The van der Waals surface area contributed by atoms with Gasteiger partial charge in [-0.2, -0.15) is 9.29 Å². The lowest BCUT2D eigenvalue weighted by Gasteiger charge is -2.35. The van der Waals surface area contributed by atoms with E-state index >= 15 is 0 Å². The molecule has 0 bridgehead atoms. The number of hydrogen-bond donors (Lipinski definition) is 5. The van der Waals surface area contributed by atoms with Crippen LogP contribution in [-0.2, 0) is 27.4 Å². The number of guanidine groups is 1. The number of aliphatic imine (C=N–C) groups is 1. The molecule has 15 heteroatoms. The van der Waals surface area contributed by atoms with E-state index in [-0.39, 0.29) is 28.5 Å². The summed E-state index contributed by atoms with van der Waals surface area (Å²) < 4.78 is 30.6. The van der Waals surface area contributed by atoms with Gasteiger partial charge in [0.25, 0.3) is 0 Å². The van der Waals surface area contributed by atoms with Gasteiger partial charge < -0.3 is 36.9 Å². The van der Waals surface area contributed by atoms with Crippen molar-refractivity contribution in [2.75, 3.05) is 72.5 Å². The number of aromatic amines is 1. The Balaban J connectivity index is 0.000000224. The quantitative estimate of drug-likeness (QED) is 0.0704. The lowest BCUT2D eigenvalue weighted by atomic mass is 9.87. The van der Waals surface area contributed by atoms with Crippen molar-refractivity contribution in [2.45, 2.75) is 95.5 Å². The average molecular weight is 832 g/mol. The average Bonchev–Trinajstić information content (AvgIpc) is 3.62. The molecule has 2 aliphatic rings. The van der Waals surface area contributed by atoms with Crippen molar-refractivity contribution in [1.82, 2.24) is 39.3 Å². The van der Waals surface area contributed by atoms with Gasteiger partial charge in [-0.3, -0.25) is 9.56 Å². The van der Waals surface area contributed by atoms with Crippen LogP contribution in [0.1, 0.15) is 84.0 Å². The fourth-order valence-corrected chi connectivity index (χ4v) is 9.10. The third-order valence-electron chi connectivity index (χ3n) is 11.2. The summed E-state index contributed by atoms with van der Waals surface area (Å²) in [7, 11) is -1.34. The van der Waals surface area contributed by atoms with Crippen molar-refractivity contribution in [3.05, 3.63) is 88.1 Å². The maximum absolute atomic E-state index is 13.6. The Bertz CT molecular complexity index is 2120. The first-order valence-corrected chi connectivity index (χ1v) is 22.6. The molecular weight excluding hydrogens is 763 g/mol. The number of hydrogen-bond acceptors (Lipinski definition) is 9. The van der Waals surface area contributed by atoms with E-state index in [1.807, 2.05) is 42.6 Å². The molecule has 0 amide bonds. The van der Waals surface area contributed by atoms with Crippen LogP contribution in [-0.4, -0.2) is 122 Å². The number of fused-ring (bicyclic) bond motifs is 1. The Labute approximate surface area is 351 Å². The van der Waals surface area contributed by atoms with Crippen molar-refractivity contribution < 1.29 is 8.42 Å². The SMILES string of the molecule is CC(C)(C)c1cc2cn(-c3ccc(CNCCCN=C(N)N)cc3)c(=O)nc2[nH]1.CN1CCN(CCCN(C2CCNCC2)S(=O)(=O)c2ccc(C(C)(C)C)cc2)CC1. The molecule has 2 saturated heterocycles. The Morgan fingerprint density at radius 1 is 0.932 bits per heavy atom. The van der Waals surface area contributed by atoms with Crippen LogP contribution in [0.4, 0.5) is 0 Å². The third-order valence-corrected chi connectivity index (χ3v) is 13.1. The molecule has 2 aromatic carbocycles. The minimum Gasteiger partial charge on any atom is -0.370 e. The Kier molecular flexibility index (Phi) is 15.9. The number of likely N-dealkylation sites (N-methyl/N-ethyl adjacent to an activating group) is 1. The molecule has 7 N–H and O–H groups in total. The highest BCUT2D eigenvalue weighted by molar-refractivity contribution is 7.89. The van der Waals surface area contributed by atoms with Crippen LogP contribution in [0.25, 0.3) is 16.7 Å². The van der Waals surface area contributed by atoms with E-state index in [2.05, 4.69) is 90.1 Å². The van der Waals surface area contributed by atoms with E-state index < -0.39 is 10.0 Å². The molecule has 0 atom stereocenters. The van der Waals surface area contributed by atoms with E-state index in [9.17, 15) is 13.2 Å². The number of rotatable bonds is 14. The van der Waals surface area contributed by atoms with Gasteiger partial charge in [-0.25, -0.2) is 13.2 Å². The highest BCUT2D eigenvalue weighted by Crippen LogP contribution is 2.28. The van der Waals surface area contributed by atoms with Crippen LogP contribution in [0.5, 0.6) is 0 Å². The highest BCUT2D eigenvalue weighted by atomic mass is 32.2. The summed E-state index contributed by atoms with van der Waals surface area (Å²) in [5.41, 5.74) is 15.0. The number of H-pyrrole nitrogens is 1. The van der Waals surface area contributed by atoms with Gasteiger partial charge in [0.2, 0.25) is 10.0 Å². The zero-order valence-corrected chi connectivity index (χ0v) is 37.2. The zero-order valence-electron chi connectivity index (χ0n) is 36.4. The lowest BCUT2D eigenvalue weighted by Crippen LogP contribution is -2.48. The molecule has 4 heterocycles. The van der Waals surface area contributed by atoms with Crippen molar-refractivity contribution in [2.24, 2.45) is 16.5 Å². The van der Waals surface area contributed by atoms with Gasteiger partial charge in [0.15, 0.2) is 5.96 Å². The minimum absolute atomic E-state index is 0.0134. The number of nitrogens with two attached hydrogens (primary N) is 2. The summed E-state index contributed by atoms with van der Waals surface area (Å²) in [6, 6.07) is 17.6. The van der Waals surface area contributed by atoms with Gasteiger partial charge in [-0.05, 0) is 106 Å².